The zero-order valence-corrected chi connectivity index (χ0v) is 16.2. The van der Waals surface area contributed by atoms with Crippen LogP contribution < -0.4 is 4.90 Å². The number of amides is 1. The summed E-state index contributed by atoms with van der Waals surface area (Å²) in [5.41, 5.74) is 2.29. The number of ketones is 1. The van der Waals surface area contributed by atoms with Crippen molar-refractivity contribution in [1.29, 1.82) is 0 Å². The first kappa shape index (κ1) is 18.8. The van der Waals surface area contributed by atoms with Gasteiger partial charge in [-0.1, -0.05) is 36.4 Å². The van der Waals surface area contributed by atoms with Crippen molar-refractivity contribution in [3.63, 3.8) is 0 Å². The maximum Gasteiger partial charge on any atom is 0.300 e. The Morgan fingerprint density at radius 2 is 1.58 bits per heavy atom. The Kier molecular flexibility index (Phi) is 4.40. The monoisotopic (exact) mass is 412 g/mol. The predicted octanol–water partition coefficient (Wildman–Crippen LogP) is 4.93. The van der Waals surface area contributed by atoms with Crippen LogP contribution >= 0.6 is 0 Å². The Morgan fingerprint density at radius 3 is 2.32 bits per heavy atom. The van der Waals surface area contributed by atoms with E-state index in [4.69, 9.17) is 0 Å². The van der Waals surface area contributed by atoms with Crippen LogP contribution in [0.25, 0.3) is 16.7 Å². The first-order chi connectivity index (χ1) is 15.1. The molecule has 31 heavy (non-hydrogen) atoms. The number of rotatable bonds is 3. The Labute approximate surface area is 177 Å². The van der Waals surface area contributed by atoms with Crippen molar-refractivity contribution in [3.05, 3.63) is 108 Å². The average Bonchev–Trinajstić information content (AvgIpc) is 3.33. The van der Waals surface area contributed by atoms with E-state index in [1.807, 2.05) is 30.3 Å². The second kappa shape index (κ2) is 7.25. The number of carbonyl (C=O) groups is 2. The fourth-order valence-corrected chi connectivity index (χ4v) is 4.07. The number of hydrogen-bond donors (Lipinski definition) is 2. The molecule has 5 rings (SSSR count). The maximum atomic E-state index is 13.4. The minimum absolute atomic E-state index is 0.0368. The molecule has 3 aromatic carbocycles. The summed E-state index contributed by atoms with van der Waals surface area (Å²) < 4.78 is 13.4. The van der Waals surface area contributed by atoms with Crippen molar-refractivity contribution < 1.29 is 19.1 Å². The number of fused-ring (bicyclic) bond motifs is 1. The van der Waals surface area contributed by atoms with Crippen LogP contribution in [-0.2, 0) is 9.59 Å². The SMILES string of the molecule is O=C1C(=O)N(c2ccccc2)C(c2c[nH]c3ccccc23)/C1=C(\O)c1ccc(F)cc1. The number of hydrogen-bond acceptors (Lipinski definition) is 3. The van der Waals surface area contributed by atoms with E-state index in [1.54, 1.807) is 30.5 Å². The lowest BCUT2D eigenvalue weighted by molar-refractivity contribution is -0.132. The third kappa shape index (κ3) is 3.00. The van der Waals surface area contributed by atoms with Gasteiger partial charge in [-0.25, -0.2) is 4.39 Å². The van der Waals surface area contributed by atoms with E-state index in [0.717, 1.165) is 10.9 Å². The second-order valence-electron chi connectivity index (χ2n) is 7.30. The van der Waals surface area contributed by atoms with Gasteiger partial charge in [0.25, 0.3) is 11.7 Å². The smallest absolute Gasteiger partial charge is 0.300 e. The van der Waals surface area contributed by atoms with Gasteiger partial charge in [0.2, 0.25) is 0 Å². The molecule has 6 heteroatoms. The molecule has 4 aromatic rings. The molecule has 0 aliphatic carbocycles. The van der Waals surface area contributed by atoms with E-state index in [1.165, 1.54) is 29.2 Å². The molecule has 1 saturated heterocycles. The number of benzene rings is 3. The first-order valence-electron chi connectivity index (χ1n) is 9.74. The van der Waals surface area contributed by atoms with Crippen molar-refractivity contribution in [1.82, 2.24) is 4.98 Å². The number of carbonyl (C=O) groups excluding carboxylic acids is 2. The molecule has 2 N–H and O–H groups in total. The number of nitrogens with zero attached hydrogens (tertiary/aromatic N) is 1. The summed E-state index contributed by atoms with van der Waals surface area (Å²) in [6.45, 7) is 0. The molecule has 1 atom stereocenters. The molecule has 1 aromatic heterocycles. The quantitative estimate of drug-likeness (QED) is 0.285. The summed E-state index contributed by atoms with van der Waals surface area (Å²) in [7, 11) is 0. The highest BCUT2D eigenvalue weighted by Gasteiger charge is 2.47. The van der Waals surface area contributed by atoms with Gasteiger partial charge in [-0.2, -0.15) is 0 Å². The van der Waals surface area contributed by atoms with Gasteiger partial charge in [0, 0.05) is 33.9 Å². The van der Waals surface area contributed by atoms with Crippen molar-refractivity contribution in [3.8, 4) is 0 Å². The van der Waals surface area contributed by atoms with Crippen molar-refractivity contribution in [2.24, 2.45) is 0 Å². The molecular formula is C25H17FN2O3. The third-order valence-corrected chi connectivity index (χ3v) is 5.51. The van der Waals surface area contributed by atoms with Crippen molar-refractivity contribution >= 4 is 34.0 Å². The summed E-state index contributed by atoms with van der Waals surface area (Å²) >= 11 is 0. The van der Waals surface area contributed by atoms with E-state index in [2.05, 4.69) is 4.98 Å². The number of aliphatic hydroxyl groups is 1. The molecular weight excluding hydrogens is 395 g/mol. The third-order valence-electron chi connectivity index (χ3n) is 5.51. The molecule has 0 spiro atoms. The molecule has 0 radical (unpaired) electrons. The first-order valence-corrected chi connectivity index (χ1v) is 9.74. The summed E-state index contributed by atoms with van der Waals surface area (Å²) in [4.78, 5) is 30.8. The van der Waals surface area contributed by atoms with Crippen LogP contribution in [0.2, 0.25) is 0 Å². The summed E-state index contributed by atoms with van der Waals surface area (Å²) in [6, 6.07) is 20.7. The Hall–Kier alpha value is -4.19. The number of anilines is 1. The molecule has 1 unspecified atom stereocenters. The van der Waals surface area contributed by atoms with Crippen molar-refractivity contribution in [2.75, 3.05) is 4.90 Å². The summed E-state index contributed by atoms with van der Waals surface area (Å²) in [5.74, 6) is -2.33. The fraction of sp³-hybridized carbons (Fsp3) is 0.0400. The van der Waals surface area contributed by atoms with Gasteiger partial charge in [0.15, 0.2) is 0 Å². The number of aromatic nitrogens is 1. The lowest BCUT2D eigenvalue weighted by Gasteiger charge is -2.25. The summed E-state index contributed by atoms with van der Waals surface area (Å²) in [6.07, 6.45) is 1.75. The fourth-order valence-electron chi connectivity index (χ4n) is 4.07. The van der Waals surface area contributed by atoms with E-state index in [-0.39, 0.29) is 16.9 Å². The molecule has 2 heterocycles. The van der Waals surface area contributed by atoms with Crippen LogP contribution in [-0.4, -0.2) is 21.8 Å². The largest absolute Gasteiger partial charge is 0.507 e. The van der Waals surface area contributed by atoms with Crippen LogP contribution in [0.5, 0.6) is 0 Å². The lowest BCUT2D eigenvalue weighted by Crippen LogP contribution is -2.29. The molecule has 1 aliphatic heterocycles. The van der Waals surface area contributed by atoms with E-state index >= 15 is 0 Å². The molecule has 1 aliphatic rings. The van der Waals surface area contributed by atoms with Gasteiger partial charge < -0.3 is 10.1 Å². The number of aromatic amines is 1. The van der Waals surface area contributed by atoms with Crippen LogP contribution in [0, 0.1) is 5.82 Å². The van der Waals surface area contributed by atoms with Gasteiger partial charge in [-0.05, 0) is 42.5 Å². The molecule has 0 bridgehead atoms. The Balaban J connectivity index is 1.78. The number of para-hydroxylation sites is 2. The minimum atomic E-state index is -0.844. The number of H-pyrrole nitrogens is 1. The van der Waals surface area contributed by atoms with Crippen LogP contribution in [0.1, 0.15) is 17.2 Å². The van der Waals surface area contributed by atoms with Crippen LogP contribution in [0.4, 0.5) is 10.1 Å². The molecule has 5 nitrogen and oxygen atoms in total. The standard InChI is InChI=1S/C25H17FN2O3/c26-16-12-10-15(11-13-16)23(29)21-22(19-14-27-20-9-5-4-8-18(19)20)28(25(31)24(21)30)17-6-2-1-3-7-17/h1-14,22,27,29H/b23-21+. The number of Topliss-reactive ketones (excluding diaryl/α,β-unsaturated/α-hetero) is 1. The van der Waals surface area contributed by atoms with Gasteiger partial charge >= 0.3 is 0 Å². The highest BCUT2D eigenvalue weighted by molar-refractivity contribution is 6.51. The highest BCUT2D eigenvalue weighted by Crippen LogP contribution is 2.44. The molecule has 0 saturated carbocycles. The van der Waals surface area contributed by atoms with Crippen LogP contribution in [0.15, 0.2) is 90.6 Å². The van der Waals surface area contributed by atoms with Crippen molar-refractivity contribution in [2.45, 2.75) is 6.04 Å². The van der Waals surface area contributed by atoms with E-state index in [9.17, 15) is 19.1 Å². The Morgan fingerprint density at radius 1 is 0.903 bits per heavy atom. The molecule has 152 valence electrons. The Bertz CT molecular complexity index is 1340. The zero-order chi connectivity index (χ0) is 21.5. The highest BCUT2D eigenvalue weighted by atomic mass is 19.1. The normalized spacial score (nSPS) is 18.1. The number of nitrogens with one attached hydrogen (secondary N) is 1. The average molecular weight is 412 g/mol. The van der Waals surface area contributed by atoms with Gasteiger partial charge in [-0.3, -0.25) is 14.5 Å². The van der Waals surface area contributed by atoms with E-state index < -0.39 is 23.5 Å². The lowest BCUT2D eigenvalue weighted by atomic mass is 9.94. The summed E-state index contributed by atoms with van der Waals surface area (Å²) in [5, 5.41) is 11.9. The van der Waals surface area contributed by atoms with Gasteiger partial charge in [-0.15, -0.1) is 0 Å². The van der Waals surface area contributed by atoms with Crippen LogP contribution in [0.3, 0.4) is 0 Å². The van der Waals surface area contributed by atoms with E-state index in [0.29, 0.717) is 11.3 Å². The second-order valence-corrected chi connectivity index (χ2v) is 7.30. The van der Waals surface area contributed by atoms with Gasteiger partial charge in [0.05, 0.1) is 11.6 Å². The zero-order valence-electron chi connectivity index (χ0n) is 16.2. The molecule has 1 amide bonds. The number of halogens is 1. The minimum Gasteiger partial charge on any atom is -0.507 e. The molecule has 1 fully saturated rings. The number of aliphatic hydroxyl groups excluding tert-OH is 1. The topological polar surface area (TPSA) is 73.4 Å². The predicted molar refractivity (Wildman–Crippen MR) is 116 cm³/mol. The maximum absolute atomic E-state index is 13.4. The van der Waals surface area contributed by atoms with Gasteiger partial charge in [0.1, 0.15) is 11.6 Å².